The molecular weight excluding hydrogens is 318 g/mol. The second-order valence-electron chi connectivity index (χ2n) is 6.07. The molecule has 1 aromatic heterocycles. The van der Waals surface area contributed by atoms with Crippen LogP contribution in [-0.2, 0) is 0 Å². The van der Waals surface area contributed by atoms with Crippen molar-refractivity contribution < 1.29 is 4.42 Å². The second-order valence-corrected chi connectivity index (χ2v) is 6.07. The van der Waals surface area contributed by atoms with Gasteiger partial charge in [-0.25, -0.2) is 0 Å². The lowest BCUT2D eigenvalue weighted by Gasteiger charge is -2.08. The summed E-state index contributed by atoms with van der Waals surface area (Å²) in [5.74, 6) is 0. The fourth-order valence-corrected chi connectivity index (χ4v) is 3.13. The Bertz CT molecular complexity index is 1130. The Hall–Kier alpha value is -3.52. The van der Waals surface area contributed by atoms with Crippen LogP contribution in [0.15, 0.2) is 103 Å². The number of fused-ring (bicyclic) bond motifs is 3. The van der Waals surface area contributed by atoms with Gasteiger partial charge in [-0.05, 0) is 47.5 Å². The largest absolute Gasteiger partial charge is 0.456 e. The highest BCUT2D eigenvalue weighted by molar-refractivity contribution is 6.06. The monoisotopic (exact) mass is 337 g/mol. The highest BCUT2D eigenvalue weighted by Crippen LogP contribution is 2.31. The minimum atomic E-state index is 0.900. The third-order valence-corrected chi connectivity index (χ3v) is 4.40. The third kappa shape index (κ3) is 2.93. The Kier molecular flexibility index (Phi) is 4.16. The van der Waals surface area contributed by atoms with Crippen molar-refractivity contribution in [2.45, 2.75) is 0 Å². The van der Waals surface area contributed by atoms with Gasteiger partial charge in [-0.2, -0.15) is 0 Å². The van der Waals surface area contributed by atoms with Gasteiger partial charge in [0, 0.05) is 22.1 Å². The molecule has 3 aromatic carbocycles. The predicted molar refractivity (Wildman–Crippen MR) is 112 cm³/mol. The number of nitrogens with one attached hydrogen (secondary N) is 1. The number of rotatable bonds is 5. The molecule has 0 aliphatic heterocycles. The SMILES string of the molecule is C=C/C=C(\C=C)c1ccc(Nc2ccc3oc4ccccc4c3c2)cc1. The van der Waals surface area contributed by atoms with Crippen molar-refractivity contribution in [3.05, 3.63) is 104 Å². The van der Waals surface area contributed by atoms with Gasteiger partial charge in [-0.1, -0.05) is 61.7 Å². The lowest BCUT2D eigenvalue weighted by atomic mass is 10.1. The smallest absolute Gasteiger partial charge is 0.135 e. The highest BCUT2D eigenvalue weighted by atomic mass is 16.3. The summed E-state index contributed by atoms with van der Waals surface area (Å²) < 4.78 is 5.88. The number of hydrogen-bond donors (Lipinski definition) is 1. The Balaban J connectivity index is 1.64. The zero-order chi connectivity index (χ0) is 17.9. The minimum absolute atomic E-state index is 0.900. The standard InChI is InChI=1S/C24H19NO/c1-3-7-17(4-2)18-10-12-19(13-11-18)25-20-14-15-24-22(16-20)21-8-5-6-9-23(21)26-24/h3-16,25H,1-2H2/b17-7+. The van der Waals surface area contributed by atoms with E-state index in [1.807, 2.05) is 42.5 Å². The lowest BCUT2D eigenvalue weighted by molar-refractivity contribution is 0.669. The molecule has 126 valence electrons. The second kappa shape index (κ2) is 6.77. The molecule has 26 heavy (non-hydrogen) atoms. The molecule has 0 aliphatic rings. The van der Waals surface area contributed by atoms with Crippen molar-refractivity contribution in [1.29, 1.82) is 0 Å². The maximum absolute atomic E-state index is 5.88. The fraction of sp³-hybridized carbons (Fsp3) is 0. The highest BCUT2D eigenvalue weighted by Gasteiger charge is 2.07. The van der Waals surface area contributed by atoms with E-state index in [0.29, 0.717) is 0 Å². The van der Waals surface area contributed by atoms with Gasteiger partial charge in [0.05, 0.1) is 0 Å². The Labute approximate surface area is 152 Å². The first-order valence-electron chi connectivity index (χ1n) is 8.52. The van der Waals surface area contributed by atoms with E-state index in [0.717, 1.165) is 44.4 Å². The fourth-order valence-electron chi connectivity index (χ4n) is 3.13. The quantitative estimate of drug-likeness (QED) is 0.393. The number of anilines is 2. The van der Waals surface area contributed by atoms with Crippen LogP contribution >= 0.6 is 0 Å². The van der Waals surface area contributed by atoms with E-state index in [-0.39, 0.29) is 0 Å². The van der Waals surface area contributed by atoms with E-state index >= 15 is 0 Å². The number of allylic oxidation sites excluding steroid dienone is 4. The molecule has 2 nitrogen and oxygen atoms in total. The molecule has 2 heteroatoms. The van der Waals surface area contributed by atoms with Crippen LogP contribution in [0.4, 0.5) is 11.4 Å². The lowest BCUT2D eigenvalue weighted by Crippen LogP contribution is -1.90. The predicted octanol–water partition coefficient (Wildman–Crippen LogP) is 7.09. The summed E-state index contributed by atoms with van der Waals surface area (Å²) in [4.78, 5) is 0. The summed E-state index contributed by atoms with van der Waals surface area (Å²) in [6.07, 6.45) is 5.56. The number of furan rings is 1. The minimum Gasteiger partial charge on any atom is -0.456 e. The Morgan fingerprint density at radius 1 is 0.808 bits per heavy atom. The Morgan fingerprint density at radius 2 is 1.54 bits per heavy atom. The van der Waals surface area contributed by atoms with Crippen LogP contribution in [0.5, 0.6) is 0 Å². The molecule has 0 saturated carbocycles. The van der Waals surface area contributed by atoms with E-state index < -0.39 is 0 Å². The summed E-state index contributed by atoms with van der Waals surface area (Å²) in [5.41, 5.74) is 6.04. The molecule has 1 heterocycles. The van der Waals surface area contributed by atoms with E-state index in [1.54, 1.807) is 6.08 Å². The topological polar surface area (TPSA) is 25.2 Å². The number of benzene rings is 3. The van der Waals surface area contributed by atoms with Crippen LogP contribution < -0.4 is 5.32 Å². The summed E-state index contributed by atoms with van der Waals surface area (Å²) in [7, 11) is 0. The van der Waals surface area contributed by atoms with Crippen LogP contribution in [0.2, 0.25) is 0 Å². The zero-order valence-corrected chi connectivity index (χ0v) is 14.4. The van der Waals surface area contributed by atoms with E-state index in [2.05, 4.69) is 54.9 Å². The maximum atomic E-state index is 5.88. The molecule has 0 unspecified atom stereocenters. The van der Waals surface area contributed by atoms with Crippen molar-refractivity contribution >= 4 is 38.9 Å². The third-order valence-electron chi connectivity index (χ3n) is 4.40. The van der Waals surface area contributed by atoms with Crippen molar-refractivity contribution in [3.63, 3.8) is 0 Å². The van der Waals surface area contributed by atoms with Gasteiger partial charge < -0.3 is 9.73 Å². The van der Waals surface area contributed by atoms with E-state index in [9.17, 15) is 0 Å². The van der Waals surface area contributed by atoms with Crippen molar-refractivity contribution in [2.24, 2.45) is 0 Å². The van der Waals surface area contributed by atoms with Crippen LogP contribution in [-0.4, -0.2) is 0 Å². The molecule has 4 rings (SSSR count). The molecule has 0 saturated heterocycles. The molecule has 0 aliphatic carbocycles. The summed E-state index contributed by atoms with van der Waals surface area (Å²) >= 11 is 0. The average molecular weight is 337 g/mol. The summed E-state index contributed by atoms with van der Waals surface area (Å²) in [6, 6.07) is 22.5. The molecule has 4 aromatic rings. The first kappa shape index (κ1) is 16.0. The molecule has 0 radical (unpaired) electrons. The van der Waals surface area contributed by atoms with Gasteiger partial charge in [-0.3, -0.25) is 0 Å². The van der Waals surface area contributed by atoms with Crippen molar-refractivity contribution in [2.75, 3.05) is 5.32 Å². The van der Waals surface area contributed by atoms with Gasteiger partial charge in [0.25, 0.3) is 0 Å². The van der Waals surface area contributed by atoms with Gasteiger partial charge in [0.1, 0.15) is 11.2 Å². The van der Waals surface area contributed by atoms with E-state index in [4.69, 9.17) is 4.42 Å². The van der Waals surface area contributed by atoms with Crippen molar-refractivity contribution in [1.82, 2.24) is 0 Å². The van der Waals surface area contributed by atoms with Gasteiger partial charge in [-0.15, -0.1) is 0 Å². The van der Waals surface area contributed by atoms with E-state index in [1.165, 1.54) is 0 Å². The normalized spacial score (nSPS) is 11.6. The number of hydrogen-bond acceptors (Lipinski definition) is 2. The Morgan fingerprint density at radius 3 is 2.31 bits per heavy atom. The maximum Gasteiger partial charge on any atom is 0.135 e. The van der Waals surface area contributed by atoms with Gasteiger partial charge in [0.15, 0.2) is 0 Å². The molecule has 0 atom stereocenters. The van der Waals surface area contributed by atoms with Crippen LogP contribution in [0, 0.1) is 0 Å². The van der Waals surface area contributed by atoms with Crippen LogP contribution in [0.1, 0.15) is 5.56 Å². The van der Waals surface area contributed by atoms with Gasteiger partial charge in [0.2, 0.25) is 0 Å². The van der Waals surface area contributed by atoms with Crippen LogP contribution in [0.3, 0.4) is 0 Å². The first-order valence-corrected chi connectivity index (χ1v) is 8.52. The zero-order valence-electron chi connectivity index (χ0n) is 14.4. The molecule has 1 N–H and O–H groups in total. The summed E-state index contributed by atoms with van der Waals surface area (Å²) in [5, 5.41) is 5.71. The first-order chi connectivity index (χ1) is 12.8. The van der Waals surface area contributed by atoms with Crippen molar-refractivity contribution in [3.8, 4) is 0 Å². The van der Waals surface area contributed by atoms with Gasteiger partial charge >= 0.3 is 0 Å². The average Bonchev–Trinajstić information content (AvgIpc) is 3.05. The molecule has 0 amide bonds. The summed E-state index contributed by atoms with van der Waals surface area (Å²) in [6.45, 7) is 7.60. The molecule has 0 bridgehead atoms. The number of para-hydroxylation sites is 1. The molecule has 0 fully saturated rings. The molecular formula is C24H19NO. The molecule has 0 spiro atoms. The van der Waals surface area contributed by atoms with Crippen LogP contribution in [0.25, 0.3) is 27.5 Å².